The van der Waals surface area contributed by atoms with Crippen LogP contribution in [0, 0.1) is 5.92 Å². The Morgan fingerprint density at radius 1 is 1.48 bits per heavy atom. The Morgan fingerprint density at radius 2 is 2.24 bits per heavy atom. The number of phenols is 1. The van der Waals surface area contributed by atoms with Crippen molar-refractivity contribution in [3.05, 3.63) is 29.3 Å². The monoisotopic (exact) mass is 289 g/mol. The number of hydrogen-bond acceptors (Lipinski definition) is 3. The summed E-state index contributed by atoms with van der Waals surface area (Å²) >= 11 is 0. The van der Waals surface area contributed by atoms with Crippen molar-refractivity contribution in [2.45, 2.75) is 51.2 Å². The fourth-order valence-electron chi connectivity index (χ4n) is 4.33. The topological polar surface area (TPSA) is 32.7 Å². The lowest BCUT2D eigenvalue weighted by Gasteiger charge is -2.55. The highest BCUT2D eigenvalue weighted by molar-refractivity contribution is 5.44. The number of aromatic hydroxyl groups is 1. The Bertz CT molecular complexity index is 530. The molecule has 1 aromatic rings. The van der Waals surface area contributed by atoms with Gasteiger partial charge >= 0.3 is 0 Å². The van der Waals surface area contributed by atoms with Crippen molar-refractivity contribution in [2.24, 2.45) is 5.92 Å². The van der Waals surface area contributed by atoms with Crippen LogP contribution < -0.4 is 0 Å². The number of hydrogen-bond donors (Lipinski definition) is 1. The van der Waals surface area contributed by atoms with Gasteiger partial charge in [0.15, 0.2) is 0 Å². The molecule has 1 aliphatic carbocycles. The molecule has 21 heavy (non-hydrogen) atoms. The van der Waals surface area contributed by atoms with Gasteiger partial charge in [-0.05, 0) is 60.9 Å². The molecule has 3 rings (SSSR count). The summed E-state index contributed by atoms with van der Waals surface area (Å²) < 4.78 is 5.46. The van der Waals surface area contributed by atoms with E-state index in [1.54, 1.807) is 7.11 Å². The van der Waals surface area contributed by atoms with Crippen LogP contribution in [-0.2, 0) is 16.6 Å². The normalized spacial score (nSPS) is 33.5. The van der Waals surface area contributed by atoms with Gasteiger partial charge in [-0.15, -0.1) is 0 Å². The highest BCUT2D eigenvalue weighted by Crippen LogP contribution is 2.49. The second-order valence-corrected chi connectivity index (χ2v) is 7.11. The first-order valence-electron chi connectivity index (χ1n) is 8.05. The molecule has 1 aliphatic heterocycles. The maximum atomic E-state index is 9.86. The number of fused-ring (bicyclic) bond motifs is 4. The van der Waals surface area contributed by atoms with Gasteiger partial charge in [0.05, 0.1) is 6.10 Å². The lowest BCUT2D eigenvalue weighted by Crippen LogP contribution is -2.59. The fourth-order valence-corrected chi connectivity index (χ4v) is 4.33. The second kappa shape index (κ2) is 5.29. The van der Waals surface area contributed by atoms with Gasteiger partial charge in [-0.1, -0.05) is 19.9 Å². The number of rotatable bonds is 3. The van der Waals surface area contributed by atoms with E-state index in [4.69, 9.17) is 4.74 Å². The van der Waals surface area contributed by atoms with Crippen molar-refractivity contribution in [2.75, 3.05) is 20.2 Å². The zero-order valence-corrected chi connectivity index (χ0v) is 13.6. The van der Waals surface area contributed by atoms with Crippen molar-refractivity contribution >= 4 is 0 Å². The van der Waals surface area contributed by atoms with E-state index in [0.29, 0.717) is 17.7 Å². The third kappa shape index (κ3) is 2.36. The van der Waals surface area contributed by atoms with E-state index in [1.165, 1.54) is 11.1 Å². The molecule has 1 heterocycles. The molecule has 0 aromatic heterocycles. The third-order valence-electron chi connectivity index (χ3n) is 6.00. The standard InChI is InChI=1S/C18H27NO2/c1-12(21-4)11-19-8-7-18(3)13(2)17(19)9-14-5-6-15(20)10-16(14)18/h5-6,10,12-13,17,20H,7-9,11H2,1-4H3/t12-,13+,17-,18+/m1/s1. The van der Waals surface area contributed by atoms with Crippen molar-refractivity contribution < 1.29 is 9.84 Å². The predicted molar refractivity (Wildman–Crippen MR) is 84.8 cm³/mol. The molecule has 0 radical (unpaired) electrons. The van der Waals surface area contributed by atoms with Crippen LogP contribution in [0.2, 0.25) is 0 Å². The van der Waals surface area contributed by atoms with E-state index in [9.17, 15) is 5.11 Å². The SMILES string of the molecule is CO[C@H](C)CN1CC[C@]2(C)c3cc(O)ccc3C[C@@H]1[C@@H]2C. The van der Waals surface area contributed by atoms with Crippen LogP contribution in [0.4, 0.5) is 0 Å². The number of piperidine rings is 1. The van der Waals surface area contributed by atoms with E-state index < -0.39 is 0 Å². The average Bonchev–Trinajstić information content (AvgIpc) is 2.46. The molecule has 2 bridgehead atoms. The molecule has 2 aliphatic rings. The second-order valence-electron chi connectivity index (χ2n) is 7.11. The summed E-state index contributed by atoms with van der Waals surface area (Å²) in [5, 5.41) is 9.86. The quantitative estimate of drug-likeness (QED) is 0.928. The summed E-state index contributed by atoms with van der Waals surface area (Å²) in [6.45, 7) is 9.02. The van der Waals surface area contributed by atoms with Crippen LogP contribution in [0.3, 0.4) is 0 Å². The predicted octanol–water partition coefficient (Wildman–Crippen LogP) is 2.95. The molecule has 1 fully saturated rings. The molecule has 0 amide bonds. The van der Waals surface area contributed by atoms with Gasteiger partial charge in [-0.25, -0.2) is 0 Å². The molecule has 1 aromatic carbocycles. The summed E-state index contributed by atoms with van der Waals surface area (Å²) in [7, 11) is 1.79. The number of likely N-dealkylation sites (tertiary alicyclic amines) is 1. The van der Waals surface area contributed by atoms with Crippen LogP contribution in [-0.4, -0.2) is 42.4 Å². The van der Waals surface area contributed by atoms with E-state index in [0.717, 1.165) is 25.9 Å². The largest absolute Gasteiger partial charge is 0.508 e. The zero-order valence-electron chi connectivity index (χ0n) is 13.6. The number of benzene rings is 1. The Labute approximate surface area is 127 Å². The van der Waals surface area contributed by atoms with Gasteiger partial charge in [0.2, 0.25) is 0 Å². The Morgan fingerprint density at radius 3 is 2.95 bits per heavy atom. The van der Waals surface area contributed by atoms with Crippen LogP contribution in [0.15, 0.2) is 18.2 Å². The highest BCUT2D eigenvalue weighted by atomic mass is 16.5. The van der Waals surface area contributed by atoms with E-state index in [2.05, 4.69) is 31.7 Å². The van der Waals surface area contributed by atoms with Crippen LogP contribution in [0.25, 0.3) is 0 Å². The molecule has 1 saturated heterocycles. The molecule has 4 atom stereocenters. The van der Waals surface area contributed by atoms with Crippen LogP contribution >= 0.6 is 0 Å². The van der Waals surface area contributed by atoms with Gasteiger partial charge < -0.3 is 9.84 Å². The lowest BCUT2D eigenvalue weighted by atomic mass is 9.59. The minimum absolute atomic E-state index is 0.184. The summed E-state index contributed by atoms with van der Waals surface area (Å²) in [6.07, 6.45) is 2.52. The first kappa shape index (κ1) is 14.9. The molecule has 116 valence electrons. The molecular formula is C18H27NO2. The third-order valence-corrected chi connectivity index (χ3v) is 6.00. The first-order valence-corrected chi connectivity index (χ1v) is 8.05. The number of phenolic OH excluding ortho intramolecular Hbond substituents is 1. The number of ether oxygens (including phenoxy) is 1. The Kier molecular flexibility index (Phi) is 3.74. The van der Waals surface area contributed by atoms with Crippen LogP contribution in [0.5, 0.6) is 5.75 Å². The van der Waals surface area contributed by atoms with Crippen molar-refractivity contribution in [1.82, 2.24) is 4.90 Å². The number of nitrogens with zero attached hydrogens (tertiary/aromatic N) is 1. The summed E-state index contributed by atoms with van der Waals surface area (Å²) in [5.74, 6) is 1.00. The van der Waals surface area contributed by atoms with E-state index in [-0.39, 0.29) is 11.5 Å². The summed E-state index contributed by atoms with van der Waals surface area (Å²) in [5.41, 5.74) is 2.96. The molecule has 0 saturated carbocycles. The fraction of sp³-hybridized carbons (Fsp3) is 0.667. The molecule has 0 unspecified atom stereocenters. The van der Waals surface area contributed by atoms with Crippen molar-refractivity contribution in [3.63, 3.8) is 0 Å². The molecule has 3 nitrogen and oxygen atoms in total. The molecule has 3 heteroatoms. The van der Waals surface area contributed by atoms with Crippen molar-refractivity contribution in [1.29, 1.82) is 0 Å². The Hall–Kier alpha value is -1.06. The lowest BCUT2D eigenvalue weighted by molar-refractivity contribution is -0.00624. The molecule has 1 N–H and O–H groups in total. The van der Waals surface area contributed by atoms with Gasteiger partial charge in [0.25, 0.3) is 0 Å². The van der Waals surface area contributed by atoms with Crippen molar-refractivity contribution in [3.8, 4) is 5.75 Å². The smallest absolute Gasteiger partial charge is 0.115 e. The zero-order chi connectivity index (χ0) is 15.2. The van der Waals surface area contributed by atoms with Gasteiger partial charge in [0.1, 0.15) is 5.75 Å². The van der Waals surface area contributed by atoms with Gasteiger partial charge in [-0.3, -0.25) is 4.90 Å². The van der Waals surface area contributed by atoms with Crippen LogP contribution in [0.1, 0.15) is 38.3 Å². The summed E-state index contributed by atoms with van der Waals surface area (Å²) in [4.78, 5) is 2.61. The summed E-state index contributed by atoms with van der Waals surface area (Å²) in [6, 6.07) is 6.52. The van der Waals surface area contributed by atoms with E-state index >= 15 is 0 Å². The maximum Gasteiger partial charge on any atom is 0.115 e. The highest BCUT2D eigenvalue weighted by Gasteiger charge is 2.48. The van der Waals surface area contributed by atoms with Gasteiger partial charge in [0, 0.05) is 19.7 Å². The minimum atomic E-state index is 0.184. The van der Waals surface area contributed by atoms with Gasteiger partial charge in [-0.2, -0.15) is 0 Å². The Balaban J connectivity index is 1.94. The minimum Gasteiger partial charge on any atom is -0.508 e. The molecular weight excluding hydrogens is 262 g/mol. The van der Waals surface area contributed by atoms with E-state index in [1.807, 2.05) is 12.1 Å². The average molecular weight is 289 g/mol. The first-order chi connectivity index (χ1) is 9.95. The maximum absolute atomic E-state index is 9.86. The number of methoxy groups -OCH3 is 1. The molecule has 0 spiro atoms.